The number of aryl methyl sites for hydroxylation is 1. The van der Waals surface area contributed by atoms with E-state index in [4.69, 9.17) is 5.73 Å². The van der Waals surface area contributed by atoms with Gasteiger partial charge in [0.25, 0.3) is 0 Å². The minimum absolute atomic E-state index is 0.570. The van der Waals surface area contributed by atoms with Gasteiger partial charge in [-0.25, -0.2) is 0 Å². The quantitative estimate of drug-likeness (QED) is 0.867. The van der Waals surface area contributed by atoms with Crippen LogP contribution < -0.4 is 5.73 Å². The summed E-state index contributed by atoms with van der Waals surface area (Å²) in [4.78, 5) is 2.59. The monoisotopic (exact) mass is 232 g/mol. The Labute approximate surface area is 105 Å². The Morgan fingerprint density at radius 2 is 1.94 bits per heavy atom. The average Bonchev–Trinajstić information content (AvgIpc) is 2.58. The summed E-state index contributed by atoms with van der Waals surface area (Å²) < 4.78 is 0. The predicted molar refractivity (Wildman–Crippen MR) is 72.9 cm³/mol. The highest BCUT2D eigenvalue weighted by molar-refractivity contribution is 5.28. The van der Waals surface area contributed by atoms with E-state index in [0.717, 1.165) is 13.1 Å². The van der Waals surface area contributed by atoms with Crippen LogP contribution in [0.2, 0.25) is 0 Å². The SMILES string of the molecule is CC(CN)C(C)N1CCCc2ccccc2C1. The lowest BCUT2D eigenvalue weighted by atomic mass is 10.0. The van der Waals surface area contributed by atoms with E-state index in [-0.39, 0.29) is 0 Å². The fourth-order valence-corrected chi connectivity index (χ4v) is 2.63. The van der Waals surface area contributed by atoms with Crippen LogP contribution in [0, 0.1) is 5.92 Å². The molecule has 0 spiro atoms. The summed E-state index contributed by atoms with van der Waals surface area (Å²) >= 11 is 0. The van der Waals surface area contributed by atoms with Crippen molar-refractivity contribution in [1.82, 2.24) is 4.90 Å². The summed E-state index contributed by atoms with van der Waals surface area (Å²) in [7, 11) is 0. The summed E-state index contributed by atoms with van der Waals surface area (Å²) in [6, 6.07) is 9.43. The Hall–Kier alpha value is -0.860. The molecule has 2 nitrogen and oxygen atoms in total. The lowest BCUT2D eigenvalue weighted by Crippen LogP contribution is -2.39. The summed E-state index contributed by atoms with van der Waals surface area (Å²) in [6.07, 6.45) is 2.48. The molecule has 2 atom stereocenters. The second-order valence-corrected chi connectivity index (χ2v) is 5.30. The lowest BCUT2D eigenvalue weighted by Gasteiger charge is -2.31. The molecule has 0 radical (unpaired) electrons. The van der Waals surface area contributed by atoms with Crippen LogP contribution >= 0.6 is 0 Å². The molecule has 2 heteroatoms. The van der Waals surface area contributed by atoms with Crippen molar-refractivity contribution >= 4 is 0 Å². The van der Waals surface area contributed by atoms with Crippen molar-refractivity contribution < 1.29 is 0 Å². The smallest absolute Gasteiger partial charge is 0.0239 e. The fourth-order valence-electron chi connectivity index (χ4n) is 2.63. The third-order valence-electron chi connectivity index (χ3n) is 4.15. The molecule has 2 rings (SSSR count). The molecular weight excluding hydrogens is 208 g/mol. The molecule has 0 saturated carbocycles. The van der Waals surface area contributed by atoms with Crippen molar-refractivity contribution in [1.29, 1.82) is 0 Å². The van der Waals surface area contributed by atoms with Gasteiger partial charge in [0, 0.05) is 12.6 Å². The number of rotatable bonds is 3. The van der Waals surface area contributed by atoms with E-state index in [1.54, 1.807) is 0 Å². The molecule has 0 aromatic heterocycles. The van der Waals surface area contributed by atoms with E-state index in [0.29, 0.717) is 12.0 Å². The molecule has 0 saturated heterocycles. The molecular formula is C15H24N2. The van der Waals surface area contributed by atoms with Crippen molar-refractivity contribution in [3.63, 3.8) is 0 Å². The fraction of sp³-hybridized carbons (Fsp3) is 0.600. The van der Waals surface area contributed by atoms with Crippen LogP contribution in [-0.4, -0.2) is 24.0 Å². The highest BCUT2D eigenvalue weighted by Crippen LogP contribution is 2.22. The van der Waals surface area contributed by atoms with Crippen LogP contribution in [0.4, 0.5) is 0 Å². The third-order valence-corrected chi connectivity index (χ3v) is 4.15. The predicted octanol–water partition coefficient (Wildman–Crippen LogP) is 2.42. The molecule has 2 unspecified atom stereocenters. The Kier molecular flexibility index (Phi) is 4.19. The average molecular weight is 232 g/mol. The second-order valence-electron chi connectivity index (χ2n) is 5.30. The molecule has 17 heavy (non-hydrogen) atoms. The molecule has 1 heterocycles. The van der Waals surface area contributed by atoms with Crippen molar-refractivity contribution in [2.45, 2.75) is 39.3 Å². The zero-order valence-corrected chi connectivity index (χ0v) is 11.0. The maximum Gasteiger partial charge on any atom is 0.0239 e. The third kappa shape index (κ3) is 2.88. The van der Waals surface area contributed by atoms with Crippen LogP contribution in [0.3, 0.4) is 0 Å². The maximum atomic E-state index is 5.79. The molecule has 1 aliphatic rings. The minimum Gasteiger partial charge on any atom is -0.330 e. The Morgan fingerprint density at radius 3 is 2.65 bits per heavy atom. The first-order valence-electron chi connectivity index (χ1n) is 6.73. The Bertz CT molecular complexity index is 362. The van der Waals surface area contributed by atoms with Gasteiger partial charge in [0.2, 0.25) is 0 Å². The summed E-state index contributed by atoms with van der Waals surface area (Å²) in [5, 5.41) is 0. The number of fused-ring (bicyclic) bond motifs is 1. The van der Waals surface area contributed by atoms with Gasteiger partial charge in [-0.15, -0.1) is 0 Å². The molecule has 0 bridgehead atoms. The number of hydrogen-bond donors (Lipinski definition) is 1. The highest BCUT2D eigenvalue weighted by atomic mass is 15.2. The van der Waals surface area contributed by atoms with Gasteiger partial charge >= 0.3 is 0 Å². The first-order valence-corrected chi connectivity index (χ1v) is 6.73. The van der Waals surface area contributed by atoms with E-state index in [1.807, 2.05) is 0 Å². The molecule has 0 aliphatic carbocycles. The topological polar surface area (TPSA) is 29.3 Å². The van der Waals surface area contributed by atoms with Crippen LogP contribution in [0.15, 0.2) is 24.3 Å². The standard InChI is InChI=1S/C15H24N2/c1-12(10-16)13(2)17-9-5-8-14-6-3-4-7-15(14)11-17/h3-4,6-7,12-13H,5,8-11,16H2,1-2H3. The van der Waals surface area contributed by atoms with E-state index < -0.39 is 0 Å². The number of nitrogens with zero attached hydrogens (tertiary/aromatic N) is 1. The van der Waals surface area contributed by atoms with Crippen molar-refractivity contribution in [3.8, 4) is 0 Å². The molecule has 1 aromatic rings. The van der Waals surface area contributed by atoms with Gasteiger partial charge in [-0.2, -0.15) is 0 Å². The van der Waals surface area contributed by atoms with E-state index in [2.05, 4.69) is 43.0 Å². The van der Waals surface area contributed by atoms with Gasteiger partial charge in [0.15, 0.2) is 0 Å². The number of nitrogens with two attached hydrogens (primary N) is 1. The molecule has 2 N–H and O–H groups in total. The van der Waals surface area contributed by atoms with Crippen LogP contribution in [0.25, 0.3) is 0 Å². The van der Waals surface area contributed by atoms with E-state index >= 15 is 0 Å². The van der Waals surface area contributed by atoms with Crippen molar-refractivity contribution in [3.05, 3.63) is 35.4 Å². The number of hydrogen-bond acceptors (Lipinski definition) is 2. The number of benzene rings is 1. The van der Waals surface area contributed by atoms with E-state index in [9.17, 15) is 0 Å². The van der Waals surface area contributed by atoms with Gasteiger partial charge in [-0.05, 0) is 49.9 Å². The normalized spacial score (nSPS) is 20.4. The molecule has 0 amide bonds. The van der Waals surface area contributed by atoms with Gasteiger partial charge in [-0.1, -0.05) is 31.2 Å². The highest BCUT2D eigenvalue weighted by Gasteiger charge is 2.21. The summed E-state index contributed by atoms with van der Waals surface area (Å²) in [5.74, 6) is 0.570. The maximum absolute atomic E-state index is 5.79. The first kappa shape index (κ1) is 12.6. The Morgan fingerprint density at radius 1 is 1.24 bits per heavy atom. The molecule has 94 valence electrons. The summed E-state index contributed by atoms with van der Waals surface area (Å²) in [5.41, 5.74) is 8.82. The van der Waals surface area contributed by atoms with Crippen LogP contribution in [0.1, 0.15) is 31.4 Å². The van der Waals surface area contributed by atoms with Crippen LogP contribution in [0.5, 0.6) is 0 Å². The molecule has 1 aromatic carbocycles. The van der Waals surface area contributed by atoms with Crippen LogP contribution in [-0.2, 0) is 13.0 Å². The zero-order chi connectivity index (χ0) is 12.3. The summed E-state index contributed by atoms with van der Waals surface area (Å²) in [6.45, 7) is 7.62. The molecule has 0 fully saturated rings. The largest absolute Gasteiger partial charge is 0.330 e. The molecule has 1 aliphatic heterocycles. The van der Waals surface area contributed by atoms with Gasteiger partial charge < -0.3 is 5.73 Å². The van der Waals surface area contributed by atoms with Crippen molar-refractivity contribution in [2.24, 2.45) is 11.7 Å². The lowest BCUT2D eigenvalue weighted by molar-refractivity contribution is 0.158. The minimum atomic E-state index is 0.570. The Balaban J connectivity index is 2.13. The van der Waals surface area contributed by atoms with E-state index in [1.165, 1.54) is 30.5 Å². The van der Waals surface area contributed by atoms with Crippen molar-refractivity contribution in [2.75, 3.05) is 13.1 Å². The van der Waals surface area contributed by atoms with Gasteiger partial charge in [-0.3, -0.25) is 4.90 Å². The first-order chi connectivity index (χ1) is 8.22. The second kappa shape index (κ2) is 5.65. The van der Waals surface area contributed by atoms with Gasteiger partial charge in [0.05, 0.1) is 0 Å². The zero-order valence-electron chi connectivity index (χ0n) is 11.0. The van der Waals surface area contributed by atoms with Gasteiger partial charge in [0.1, 0.15) is 0 Å².